The molecular weight excluding hydrogens is 318 g/mol. The van der Waals surface area contributed by atoms with Crippen LogP contribution in [0.5, 0.6) is 0 Å². The quantitative estimate of drug-likeness (QED) is 0.737. The van der Waals surface area contributed by atoms with E-state index in [1.54, 1.807) is 42.5 Å². The molecule has 6 heteroatoms. The Morgan fingerprint density at radius 1 is 1.09 bits per heavy atom. The lowest BCUT2D eigenvalue weighted by Crippen LogP contribution is -2.20. The van der Waals surface area contributed by atoms with Gasteiger partial charge in [0, 0.05) is 16.1 Å². The molecule has 1 N–H and O–H groups in total. The van der Waals surface area contributed by atoms with Crippen LogP contribution in [-0.4, -0.2) is 18.5 Å². The smallest absolute Gasteiger partial charge is 0.374 e. The summed E-state index contributed by atoms with van der Waals surface area (Å²) >= 11 is 5.76. The Morgan fingerprint density at radius 2 is 1.83 bits per heavy atom. The lowest BCUT2D eigenvalue weighted by atomic mass is 10.2. The van der Waals surface area contributed by atoms with Crippen molar-refractivity contribution in [2.45, 2.75) is 0 Å². The van der Waals surface area contributed by atoms with Gasteiger partial charge in [0.25, 0.3) is 5.91 Å². The monoisotopic (exact) mass is 329 g/mol. The molecule has 0 aliphatic carbocycles. The fourth-order valence-electron chi connectivity index (χ4n) is 2.01. The highest BCUT2D eigenvalue weighted by molar-refractivity contribution is 6.30. The van der Waals surface area contributed by atoms with Crippen molar-refractivity contribution in [2.24, 2.45) is 0 Å². The first-order valence-electron chi connectivity index (χ1n) is 6.83. The van der Waals surface area contributed by atoms with Gasteiger partial charge in [0.15, 0.2) is 6.61 Å². The van der Waals surface area contributed by atoms with E-state index < -0.39 is 18.5 Å². The van der Waals surface area contributed by atoms with E-state index in [9.17, 15) is 9.59 Å². The van der Waals surface area contributed by atoms with Crippen molar-refractivity contribution in [1.29, 1.82) is 0 Å². The molecule has 0 aliphatic heterocycles. The topological polar surface area (TPSA) is 68.5 Å². The predicted octanol–water partition coefficient (Wildman–Crippen LogP) is 3.88. The number of anilines is 1. The normalized spacial score (nSPS) is 10.5. The zero-order valence-corrected chi connectivity index (χ0v) is 12.7. The van der Waals surface area contributed by atoms with Crippen LogP contribution in [0.25, 0.3) is 11.0 Å². The number of carbonyl (C=O) groups is 2. The number of para-hydroxylation sites is 1. The summed E-state index contributed by atoms with van der Waals surface area (Å²) in [6, 6.07) is 15.4. The Bertz CT molecular complexity index is 821. The van der Waals surface area contributed by atoms with Crippen molar-refractivity contribution in [3.63, 3.8) is 0 Å². The summed E-state index contributed by atoms with van der Waals surface area (Å²) in [5.41, 5.74) is 1.16. The van der Waals surface area contributed by atoms with Crippen LogP contribution < -0.4 is 5.32 Å². The fraction of sp³-hybridized carbons (Fsp3) is 0.0588. The number of furan rings is 1. The van der Waals surface area contributed by atoms with Crippen molar-refractivity contribution >= 4 is 40.1 Å². The third-order valence-corrected chi connectivity index (χ3v) is 3.34. The van der Waals surface area contributed by atoms with Crippen LogP contribution in [0.3, 0.4) is 0 Å². The van der Waals surface area contributed by atoms with Gasteiger partial charge in [0.1, 0.15) is 5.58 Å². The van der Waals surface area contributed by atoms with Crippen LogP contribution >= 0.6 is 11.6 Å². The second-order valence-corrected chi connectivity index (χ2v) is 5.22. The van der Waals surface area contributed by atoms with Crippen LogP contribution in [0, 0.1) is 0 Å². The van der Waals surface area contributed by atoms with Crippen molar-refractivity contribution in [1.82, 2.24) is 0 Å². The Kier molecular flexibility index (Phi) is 4.30. The molecule has 0 aliphatic rings. The lowest BCUT2D eigenvalue weighted by molar-refractivity contribution is -0.119. The number of rotatable bonds is 4. The van der Waals surface area contributed by atoms with E-state index in [1.807, 2.05) is 12.1 Å². The predicted molar refractivity (Wildman–Crippen MR) is 86.6 cm³/mol. The average Bonchev–Trinajstić information content (AvgIpc) is 2.99. The van der Waals surface area contributed by atoms with Gasteiger partial charge in [-0.25, -0.2) is 4.79 Å². The maximum atomic E-state index is 11.9. The second-order valence-electron chi connectivity index (χ2n) is 4.78. The maximum Gasteiger partial charge on any atom is 0.374 e. The number of nitrogens with one attached hydrogen (secondary N) is 1. The van der Waals surface area contributed by atoms with Crippen LogP contribution in [0.4, 0.5) is 5.69 Å². The van der Waals surface area contributed by atoms with Crippen LogP contribution in [0.2, 0.25) is 5.02 Å². The van der Waals surface area contributed by atoms with Crippen molar-refractivity contribution in [3.05, 3.63) is 65.4 Å². The molecule has 5 nitrogen and oxygen atoms in total. The average molecular weight is 330 g/mol. The van der Waals surface area contributed by atoms with Gasteiger partial charge in [-0.2, -0.15) is 0 Å². The molecule has 0 spiro atoms. The Balaban J connectivity index is 1.57. The molecule has 0 fully saturated rings. The van der Waals surface area contributed by atoms with E-state index in [1.165, 1.54) is 0 Å². The first-order valence-corrected chi connectivity index (χ1v) is 7.21. The summed E-state index contributed by atoms with van der Waals surface area (Å²) in [6.45, 7) is -0.404. The SMILES string of the molecule is O=C(COC(=O)c1cc2ccccc2o1)Nc1ccc(Cl)cc1. The first kappa shape index (κ1) is 15.1. The standard InChI is InChI=1S/C17H12ClNO4/c18-12-5-7-13(8-6-12)19-16(20)10-22-17(21)15-9-11-3-1-2-4-14(11)23-15/h1-9H,10H2,(H,19,20). The minimum atomic E-state index is -0.688. The summed E-state index contributed by atoms with van der Waals surface area (Å²) in [7, 11) is 0. The van der Waals surface area contributed by atoms with Crippen molar-refractivity contribution < 1.29 is 18.7 Å². The third-order valence-electron chi connectivity index (χ3n) is 3.09. The zero-order valence-electron chi connectivity index (χ0n) is 11.9. The number of amides is 1. The van der Waals surface area contributed by atoms with Gasteiger partial charge in [-0.1, -0.05) is 29.8 Å². The van der Waals surface area contributed by atoms with Gasteiger partial charge < -0.3 is 14.5 Å². The van der Waals surface area contributed by atoms with Gasteiger partial charge in [-0.15, -0.1) is 0 Å². The van der Waals surface area contributed by atoms with E-state index >= 15 is 0 Å². The molecule has 1 heterocycles. The number of hydrogen-bond acceptors (Lipinski definition) is 4. The second kappa shape index (κ2) is 6.54. The number of fused-ring (bicyclic) bond motifs is 1. The minimum absolute atomic E-state index is 0.0606. The first-order chi connectivity index (χ1) is 11.1. The van der Waals surface area contributed by atoms with Crippen LogP contribution in [0.1, 0.15) is 10.6 Å². The summed E-state index contributed by atoms with van der Waals surface area (Å²) in [5, 5.41) is 3.96. The molecule has 0 saturated heterocycles. The van der Waals surface area contributed by atoms with Gasteiger partial charge in [-0.3, -0.25) is 4.79 Å². The molecule has 23 heavy (non-hydrogen) atoms. The Morgan fingerprint density at radius 3 is 2.57 bits per heavy atom. The van der Waals surface area contributed by atoms with Crippen LogP contribution in [-0.2, 0) is 9.53 Å². The summed E-state index contributed by atoms with van der Waals surface area (Å²) < 4.78 is 10.3. The summed E-state index contributed by atoms with van der Waals surface area (Å²) in [6.07, 6.45) is 0. The zero-order chi connectivity index (χ0) is 16.2. The molecule has 3 rings (SSSR count). The molecule has 2 aromatic carbocycles. The van der Waals surface area contributed by atoms with E-state index in [-0.39, 0.29) is 5.76 Å². The maximum absolute atomic E-state index is 11.9. The summed E-state index contributed by atoms with van der Waals surface area (Å²) in [5.74, 6) is -1.07. The molecule has 0 atom stereocenters. The molecule has 0 unspecified atom stereocenters. The molecule has 1 aromatic heterocycles. The number of carbonyl (C=O) groups excluding carboxylic acids is 2. The highest BCUT2D eigenvalue weighted by atomic mass is 35.5. The Hall–Kier alpha value is -2.79. The van der Waals surface area contributed by atoms with E-state index in [0.717, 1.165) is 5.39 Å². The highest BCUT2D eigenvalue weighted by Crippen LogP contribution is 2.19. The number of halogens is 1. The van der Waals surface area contributed by atoms with Gasteiger partial charge in [0.2, 0.25) is 5.76 Å². The molecule has 116 valence electrons. The van der Waals surface area contributed by atoms with Gasteiger partial charge in [0.05, 0.1) is 0 Å². The van der Waals surface area contributed by atoms with Crippen LogP contribution in [0.15, 0.2) is 59.0 Å². The van der Waals surface area contributed by atoms with Crippen molar-refractivity contribution in [2.75, 3.05) is 11.9 Å². The third kappa shape index (κ3) is 3.70. The highest BCUT2D eigenvalue weighted by Gasteiger charge is 2.15. The number of benzene rings is 2. The number of ether oxygens (including phenoxy) is 1. The molecular formula is C17H12ClNO4. The van der Waals surface area contributed by atoms with Gasteiger partial charge in [-0.05, 0) is 36.4 Å². The van der Waals surface area contributed by atoms with E-state index in [0.29, 0.717) is 16.3 Å². The molecule has 0 saturated carbocycles. The fourth-order valence-corrected chi connectivity index (χ4v) is 2.14. The largest absolute Gasteiger partial charge is 0.450 e. The molecule has 0 bridgehead atoms. The summed E-state index contributed by atoms with van der Waals surface area (Å²) in [4.78, 5) is 23.7. The number of esters is 1. The molecule has 1 amide bonds. The minimum Gasteiger partial charge on any atom is -0.450 e. The van der Waals surface area contributed by atoms with E-state index in [2.05, 4.69) is 5.32 Å². The Labute approximate surface area is 136 Å². The molecule has 3 aromatic rings. The van der Waals surface area contributed by atoms with Crippen molar-refractivity contribution in [3.8, 4) is 0 Å². The lowest BCUT2D eigenvalue weighted by Gasteiger charge is -2.05. The molecule has 0 radical (unpaired) electrons. The number of hydrogen-bond donors (Lipinski definition) is 1. The van der Waals surface area contributed by atoms with E-state index in [4.69, 9.17) is 20.8 Å². The van der Waals surface area contributed by atoms with Gasteiger partial charge >= 0.3 is 5.97 Å².